The second-order valence-corrected chi connectivity index (χ2v) is 5.22. The van der Waals surface area contributed by atoms with E-state index in [4.69, 9.17) is 10.6 Å². The lowest BCUT2D eigenvalue weighted by Gasteiger charge is -2.17. The Bertz CT molecular complexity index is 569. The Balaban J connectivity index is 1.72. The number of aromatic nitrogens is 2. The molecule has 5 heteroatoms. The van der Waals surface area contributed by atoms with Gasteiger partial charge in [-0.2, -0.15) is 0 Å². The highest BCUT2D eigenvalue weighted by atomic mass is 16.5. The summed E-state index contributed by atoms with van der Waals surface area (Å²) >= 11 is 0. The van der Waals surface area contributed by atoms with Crippen LogP contribution in [0.3, 0.4) is 0 Å². The summed E-state index contributed by atoms with van der Waals surface area (Å²) < 4.78 is 5.65. The predicted molar refractivity (Wildman–Crippen MR) is 77.8 cm³/mol. The number of nitrogens with one attached hydrogen (secondary N) is 1. The molecule has 5 nitrogen and oxygen atoms in total. The molecule has 1 aromatic carbocycles. The van der Waals surface area contributed by atoms with E-state index >= 15 is 0 Å². The minimum atomic E-state index is 0.0244. The van der Waals surface area contributed by atoms with Crippen LogP contribution in [0.5, 0.6) is 0 Å². The van der Waals surface area contributed by atoms with E-state index in [0.717, 1.165) is 42.6 Å². The summed E-state index contributed by atoms with van der Waals surface area (Å²) in [5.74, 6) is 5.68. The van der Waals surface area contributed by atoms with Crippen LogP contribution in [-0.4, -0.2) is 22.7 Å². The molecule has 106 valence electrons. The topological polar surface area (TPSA) is 73.1 Å². The third kappa shape index (κ3) is 2.95. The number of benzene rings is 1. The fraction of sp³-hybridized carbons (Fsp3) is 0.467. The van der Waals surface area contributed by atoms with E-state index in [2.05, 4.69) is 15.4 Å². The van der Waals surface area contributed by atoms with Gasteiger partial charge >= 0.3 is 0 Å². The Labute approximate surface area is 118 Å². The molecule has 2 atom stereocenters. The first-order valence-corrected chi connectivity index (χ1v) is 7.16. The van der Waals surface area contributed by atoms with Crippen molar-refractivity contribution in [1.29, 1.82) is 0 Å². The van der Waals surface area contributed by atoms with Crippen molar-refractivity contribution < 1.29 is 4.74 Å². The molecule has 2 heterocycles. The Morgan fingerprint density at radius 3 is 2.95 bits per heavy atom. The van der Waals surface area contributed by atoms with Crippen LogP contribution in [-0.2, 0) is 4.74 Å². The fourth-order valence-corrected chi connectivity index (χ4v) is 2.68. The molecule has 1 aliphatic rings. The SMILES string of the molecule is NNC(CCC1CCCO1)c1cnc2ccccc2n1. The Hall–Kier alpha value is -1.56. The predicted octanol–water partition coefficient (Wildman–Crippen LogP) is 2.09. The van der Waals surface area contributed by atoms with Gasteiger partial charge < -0.3 is 4.74 Å². The Morgan fingerprint density at radius 1 is 1.35 bits per heavy atom. The number of hydrogen-bond acceptors (Lipinski definition) is 5. The molecule has 0 radical (unpaired) electrons. The van der Waals surface area contributed by atoms with Crippen molar-refractivity contribution in [2.24, 2.45) is 5.84 Å². The van der Waals surface area contributed by atoms with Gasteiger partial charge in [0.15, 0.2) is 0 Å². The summed E-state index contributed by atoms with van der Waals surface area (Å²) in [6, 6.07) is 7.89. The summed E-state index contributed by atoms with van der Waals surface area (Å²) in [6.07, 6.45) is 6.42. The van der Waals surface area contributed by atoms with Crippen molar-refractivity contribution >= 4 is 11.0 Å². The van der Waals surface area contributed by atoms with Crippen molar-refractivity contribution in [3.05, 3.63) is 36.2 Å². The molecule has 3 rings (SSSR count). The summed E-state index contributed by atoms with van der Waals surface area (Å²) in [5, 5.41) is 0. The monoisotopic (exact) mass is 272 g/mol. The van der Waals surface area contributed by atoms with Crippen LogP contribution in [0.15, 0.2) is 30.5 Å². The molecular weight excluding hydrogens is 252 g/mol. The summed E-state index contributed by atoms with van der Waals surface area (Å²) in [5.41, 5.74) is 5.56. The van der Waals surface area contributed by atoms with Crippen molar-refractivity contribution in [1.82, 2.24) is 15.4 Å². The van der Waals surface area contributed by atoms with E-state index in [0.29, 0.717) is 6.10 Å². The van der Waals surface area contributed by atoms with Gasteiger partial charge in [-0.25, -0.2) is 4.98 Å². The van der Waals surface area contributed by atoms with E-state index in [1.807, 2.05) is 30.5 Å². The number of para-hydroxylation sites is 2. The highest BCUT2D eigenvalue weighted by Crippen LogP contribution is 2.23. The van der Waals surface area contributed by atoms with E-state index < -0.39 is 0 Å². The Kier molecular flexibility index (Phi) is 4.20. The third-order valence-corrected chi connectivity index (χ3v) is 3.83. The van der Waals surface area contributed by atoms with Crippen molar-refractivity contribution in [3.63, 3.8) is 0 Å². The molecular formula is C15H20N4O. The lowest BCUT2D eigenvalue weighted by atomic mass is 10.0. The molecule has 0 spiro atoms. The standard InChI is InChI=1S/C15H20N4O/c16-19-14(8-7-11-4-3-9-20-11)15-10-17-12-5-1-2-6-13(12)18-15/h1-2,5-6,10-11,14,19H,3-4,7-9,16H2. The summed E-state index contributed by atoms with van der Waals surface area (Å²) in [4.78, 5) is 9.09. The van der Waals surface area contributed by atoms with Gasteiger partial charge in [0, 0.05) is 6.61 Å². The van der Waals surface area contributed by atoms with Gasteiger partial charge in [-0.05, 0) is 37.8 Å². The number of fused-ring (bicyclic) bond motifs is 1. The fourth-order valence-electron chi connectivity index (χ4n) is 2.68. The lowest BCUT2D eigenvalue weighted by Crippen LogP contribution is -2.29. The minimum Gasteiger partial charge on any atom is -0.378 e. The normalized spacial score (nSPS) is 20.4. The molecule has 3 N–H and O–H groups in total. The average Bonchev–Trinajstić information content (AvgIpc) is 3.01. The number of nitrogens with zero attached hydrogens (tertiary/aromatic N) is 2. The molecule has 0 aliphatic carbocycles. The molecule has 20 heavy (non-hydrogen) atoms. The second-order valence-electron chi connectivity index (χ2n) is 5.22. The van der Waals surface area contributed by atoms with Crippen LogP contribution < -0.4 is 11.3 Å². The van der Waals surface area contributed by atoms with Gasteiger partial charge in [-0.15, -0.1) is 0 Å². The maximum Gasteiger partial charge on any atom is 0.0890 e. The van der Waals surface area contributed by atoms with Gasteiger partial charge in [-0.1, -0.05) is 12.1 Å². The van der Waals surface area contributed by atoms with Gasteiger partial charge in [0.1, 0.15) is 0 Å². The number of nitrogens with two attached hydrogens (primary N) is 1. The first-order valence-electron chi connectivity index (χ1n) is 7.16. The number of hydrogen-bond donors (Lipinski definition) is 2. The van der Waals surface area contributed by atoms with Crippen LogP contribution in [0.2, 0.25) is 0 Å². The zero-order valence-electron chi connectivity index (χ0n) is 11.5. The molecule has 1 aromatic heterocycles. The molecule has 1 aliphatic heterocycles. The number of rotatable bonds is 5. The number of ether oxygens (including phenoxy) is 1. The minimum absolute atomic E-state index is 0.0244. The summed E-state index contributed by atoms with van der Waals surface area (Å²) in [6.45, 7) is 0.890. The number of hydrazine groups is 1. The van der Waals surface area contributed by atoms with Crippen LogP contribution in [0.1, 0.15) is 37.4 Å². The van der Waals surface area contributed by atoms with Crippen molar-refractivity contribution in [2.45, 2.75) is 37.8 Å². The van der Waals surface area contributed by atoms with E-state index in [9.17, 15) is 0 Å². The van der Waals surface area contributed by atoms with E-state index in [1.165, 1.54) is 6.42 Å². The largest absolute Gasteiger partial charge is 0.378 e. The zero-order valence-corrected chi connectivity index (χ0v) is 11.5. The van der Waals surface area contributed by atoms with Crippen LogP contribution in [0.25, 0.3) is 11.0 Å². The molecule has 1 fully saturated rings. The second kappa shape index (κ2) is 6.26. The molecule has 0 saturated carbocycles. The van der Waals surface area contributed by atoms with Crippen molar-refractivity contribution in [2.75, 3.05) is 6.61 Å². The highest BCUT2D eigenvalue weighted by molar-refractivity contribution is 5.73. The van der Waals surface area contributed by atoms with E-state index in [1.54, 1.807) is 0 Å². The molecule has 0 amide bonds. The maximum atomic E-state index is 5.68. The molecule has 2 unspecified atom stereocenters. The van der Waals surface area contributed by atoms with E-state index in [-0.39, 0.29) is 6.04 Å². The van der Waals surface area contributed by atoms with Crippen molar-refractivity contribution in [3.8, 4) is 0 Å². The zero-order chi connectivity index (χ0) is 13.8. The smallest absolute Gasteiger partial charge is 0.0890 e. The first-order chi connectivity index (χ1) is 9.86. The highest BCUT2D eigenvalue weighted by Gasteiger charge is 2.19. The molecule has 0 bridgehead atoms. The first kappa shape index (κ1) is 13.4. The third-order valence-electron chi connectivity index (χ3n) is 3.83. The van der Waals surface area contributed by atoms with Gasteiger partial charge in [-0.3, -0.25) is 16.3 Å². The lowest BCUT2D eigenvalue weighted by molar-refractivity contribution is 0.0995. The molecule has 2 aromatic rings. The van der Waals surface area contributed by atoms with Gasteiger partial charge in [0.05, 0.1) is 35.1 Å². The van der Waals surface area contributed by atoms with Crippen LogP contribution in [0.4, 0.5) is 0 Å². The van der Waals surface area contributed by atoms with Gasteiger partial charge in [0.25, 0.3) is 0 Å². The van der Waals surface area contributed by atoms with Crippen LogP contribution >= 0.6 is 0 Å². The average molecular weight is 272 g/mol. The quantitative estimate of drug-likeness (QED) is 0.644. The van der Waals surface area contributed by atoms with Crippen LogP contribution in [0, 0.1) is 0 Å². The Morgan fingerprint density at radius 2 is 2.20 bits per heavy atom. The summed E-state index contributed by atoms with van der Waals surface area (Å²) in [7, 11) is 0. The van der Waals surface area contributed by atoms with Gasteiger partial charge in [0.2, 0.25) is 0 Å². The molecule has 1 saturated heterocycles. The maximum absolute atomic E-state index is 5.68.